The molecule has 0 radical (unpaired) electrons. The molecule has 0 saturated carbocycles. The zero-order valence-corrected chi connectivity index (χ0v) is 11.5. The molecule has 0 saturated heterocycles. The SMILES string of the molecule is COCC(Br)CCNC(=O)c1cc(F)ccc1O. The predicted molar refractivity (Wildman–Crippen MR) is 69.6 cm³/mol. The lowest BCUT2D eigenvalue weighted by Crippen LogP contribution is -2.27. The predicted octanol–water partition coefficient (Wildman–Crippen LogP) is 2.06. The van der Waals surface area contributed by atoms with E-state index < -0.39 is 11.7 Å². The molecule has 1 atom stereocenters. The fraction of sp³-hybridized carbons (Fsp3) is 0.417. The molecular weight excluding hydrogens is 305 g/mol. The van der Waals surface area contributed by atoms with Crippen LogP contribution >= 0.6 is 15.9 Å². The molecule has 4 nitrogen and oxygen atoms in total. The number of carbonyl (C=O) groups is 1. The van der Waals surface area contributed by atoms with Gasteiger partial charge in [0.1, 0.15) is 11.6 Å². The molecule has 1 rings (SSSR count). The molecule has 18 heavy (non-hydrogen) atoms. The van der Waals surface area contributed by atoms with Gasteiger partial charge in [-0.1, -0.05) is 15.9 Å². The molecular formula is C12H15BrFNO3. The monoisotopic (exact) mass is 319 g/mol. The van der Waals surface area contributed by atoms with Crippen LogP contribution in [-0.2, 0) is 4.74 Å². The van der Waals surface area contributed by atoms with E-state index in [4.69, 9.17) is 4.74 Å². The second kappa shape index (κ2) is 7.33. The molecule has 0 heterocycles. The zero-order chi connectivity index (χ0) is 13.5. The molecule has 0 aliphatic carbocycles. The van der Waals surface area contributed by atoms with Gasteiger partial charge in [0.2, 0.25) is 0 Å². The van der Waals surface area contributed by atoms with Crippen molar-refractivity contribution in [2.45, 2.75) is 11.2 Å². The number of hydrogen-bond acceptors (Lipinski definition) is 3. The molecule has 1 aromatic carbocycles. The van der Waals surface area contributed by atoms with Crippen molar-refractivity contribution in [3.05, 3.63) is 29.6 Å². The minimum Gasteiger partial charge on any atom is -0.507 e. The Bertz CT molecular complexity index is 414. The molecule has 0 aromatic heterocycles. The fourth-order valence-corrected chi connectivity index (χ4v) is 1.89. The first-order valence-electron chi connectivity index (χ1n) is 5.44. The summed E-state index contributed by atoms with van der Waals surface area (Å²) in [6, 6.07) is 3.26. The summed E-state index contributed by atoms with van der Waals surface area (Å²) in [5, 5.41) is 12.0. The van der Waals surface area contributed by atoms with E-state index in [1.165, 1.54) is 0 Å². The van der Waals surface area contributed by atoms with Crippen molar-refractivity contribution in [3.8, 4) is 5.75 Å². The van der Waals surface area contributed by atoms with Crippen LogP contribution in [0.3, 0.4) is 0 Å². The summed E-state index contributed by atoms with van der Waals surface area (Å²) >= 11 is 3.38. The van der Waals surface area contributed by atoms with Gasteiger partial charge in [0, 0.05) is 18.5 Å². The van der Waals surface area contributed by atoms with Gasteiger partial charge in [-0.25, -0.2) is 4.39 Å². The van der Waals surface area contributed by atoms with Gasteiger partial charge in [0.05, 0.1) is 12.2 Å². The average Bonchev–Trinajstić information content (AvgIpc) is 2.32. The summed E-state index contributed by atoms with van der Waals surface area (Å²) in [7, 11) is 1.59. The number of benzene rings is 1. The maximum absolute atomic E-state index is 12.9. The van der Waals surface area contributed by atoms with E-state index in [9.17, 15) is 14.3 Å². The number of halogens is 2. The summed E-state index contributed by atoms with van der Waals surface area (Å²) in [5.74, 6) is -1.29. The lowest BCUT2D eigenvalue weighted by Gasteiger charge is -2.10. The van der Waals surface area contributed by atoms with Crippen molar-refractivity contribution in [1.29, 1.82) is 0 Å². The standard InChI is InChI=1S/C12H15BrFNO3/c1-18-7-8(13)4-5-15-12(17)10-6-9(14)2-3-11(10)16/h2-3,6,8,16H,4-5,7H2,1H3,(H,15,17). The topological polar surface area (TPSA) is 58.6 Å². The second-order valence-electron chi connectivity index (χ2n) is 3.76. The van der Waals surface area contributed by atoms with E-state index >= 15 is 0 Å². The van der Waals surface area contributed by atoms with Crippen LogP contribution in [0.2, 0.25) is 0 Å². The highest BCUT2D eigenvalue weighted by Crippen LogP contribution is 2.17. The van der Waals surface area contributed by atoms with Gasteiger partial charge in [-0.2, -0.15) is 0 Å². The Labute approximate surface area is 113 Å². The van der Waals surface area contributed by atoms with Crippen LogP contribution in [0.4, 0.5) is 4.39 Å². The first kappa shape index (κ1) is 14.9. The van der Waals surface area contributed by atoms with Crippen molar-refractivity contribution >= 4 is 21.8 Å². The van der Waals surface area contributed by atoms with Crippen molar-refractivity contribution < 1.29 is 19.0 Å². The first-order valence-corrected chi connectivity index (χ1v) is 6.36. The van der Waals surface area contributed by atoms with Gasteiger partial charge in [0.15, 0.2) is 0 Å². The van der Waals surface area contributed by atoms with Gasteiger partial charge >= 0.3 is 0 Å². The summed E-state index contributed by atoms with van der Waals surface area (Å²) in [5.41, 5.74) is -0.0622. The van der Waals surface area contributed by atoms with Crippen molar-refractivity contribution in [3.63, 3.8) is 0 Å². The maximum Gasteiger partial charge on any atom is 0.255 e. The van der Waals surface area contributed by atoms with Crippen LogP contribution in [0.5, 0.6) is 5.75 Å². The summed E-state index contributed by atoms with van der Waals surface area (Å²) in [6.45, 7) is 0.954. The normalized spacial score (nSPS) is 12.2. The quantitative estimate of drug-likeness (QED) is 0.789. The Hall–Kier alpha value is -1.14. The Morgan fingerprint density at radius 1 is 1.61 bits per heavy atom. The Kier molecular flexibility index (Phi) is 6.07. The molecule has 100 valence electrons. The van der Waals surface area contributed by atoms with Gasteiger partial charge < -0.3 is 15.2 Å². The summed E-state index contributed by atoms with van der Waals surface area (Å²) < 4.78 is 17.9. The lowest BCUT2D eigenvalue weighted by atomic mass is 10.2. The number of methoxy groups -OCH3 is 1. The smallest absolute Gasteiger partial charge is 0.255 e. The van der Waals surface area contributed by atoms with Crippen molar-refractivity contribution in [2.75, 3.05) is 20.3 Å². The van der Waals surface area contributed by atoms with Crippen LogP contribution in [0.15, 0.2) is 18.2 Å². The highest BCUT2D eigenvalue weighted by atomic mass is 79.9. The van der Waals surface area contributed by atoms with Crippen molar-refractivity contribution in [1.82, 2.24) is 5.32 Å². The van der Waals surface area contributed by atoms with E-state index in [0.717, 1.165) is 18.2 Å². The summed E-state index contributed by atoms with van der Waals surface area (Å²) in [4.78, 5) is 11.8. The van der Waals surface area contributed by atoms with Gasteiger partial charge in [0.25, 0.3) is 5.91 Å². The number of nitrogens with one attached hydrogen (secondary N) is 1. The number of alkyl halides is 1. The molecule has 1 unspecified atom stereocenters. The molecule has 0 bridgehead atoms. The highest BCUT2D eigenvalue weighted by Gasteiger charge is 2.12. The minimum atomic E-state index is -0.560. The van der Waals surface area contributed by atoms with Crippen LogP contribution in [0.25, 0.3) is 0 Å². The second-order valence-corrected chi connectivity index (χ2v) is 5.05. The molecule has 0 fully saturated rings. The van der Waals surface area contributed by atoms with E-state index in [0.29, 0.717) is 19.6 Å². The third-order valence-electron chi connectivity index (χ3n) is 2.29. The molecule has 0 aliphatic heterocycles. The molecule has 6 heteroatoms. The van der Waals surface area contributed by atoms with Crippen LogP contribution in [0.1, 0.15) is 16.8 Å². The molecule has 2 N–H and O–H groups in total. The molecule has 1 aromatic rings. The number of phenols is 1. The van der Waals surface area contributed by atoms with E-state index in [1.54, 1.807) is 7.11 Å². The Balaban J connectivity index is 2.48. The van der Waals surface area contributed by atoms with Gasteiger partial charge in [-0.05, 0) is 24.6 Å². The Morgan fingerprint density at radius 2 is 2.33 bits per heavy atom. The number of phenolic OH excluding ortho intramolecular Hbond substituents is 1. The molecule has 0 aliphatic rings. The minimum absolute atomic E-state index is 0.0622. The zero-order valence-electron chi connectivity index (χ0n) is 9.95. The average molecular weight is 320 g/mol. The number of ether oxygens (including phenoxy) is 1. The largest absolute Gasteiger partial charge is 0.507 e. The van der Waals surface area contributed by atoms with Crippen LogP contribution in [0, 0.1) is 5.82 Å². The van der Waals surface area contributed by atoms with E-state index in [2.05, 4.69) is 21.2 Å². The number of carbonyl (C=O) groups excluding carboxylic acids is 1. The maximum atomic E-state index is 12.9. The van der Waals surface area contributed by atoms with Gasteiger partial charge in [-0.3, -0.25) is 4.79 Å². The van der Waals surface area contributed by atoms with Crippen molar-refractivity contribution in [2.24, 2.45) is 0 Å². The lowest BCUT2D eigenvalue weighted by molar-refractivity contribution is 0.0949. The van der Waals surface area contributed by atoms with E-state index in [-0.39, 0.29) is 16.1 Å². The molecule has 1 amide bonds. The number of rotatable bonds is 6. The molecule has 0 spiro atoms. The summed E-state index contributed by atoms with van der Waals surface area (Å²) in [6.07, 6.45) is 0.676. The fourth-order valence-electron chi connectivity index (χ4n) is 1.39. The third-order valence-corrected chi connectivity index (χ3v) is 3.02. The number of hydrogen-bond donors (Lipinski definition) is 2. The highest BCUT2D eigenvalue weighted by molar-refractivity contribution is 9.09. The van der Waals surface area contributed by atoms with Gasteiger partial charge in [-0.15, -0.1) is 0 Å². The number of amides is 1. The number of aromatic hydroxyl groups is 1. The Morgan fingerprint density at radius 3 is 3.00 bits per heavy atom. The van der Waals surface area contributed by atoms with E-state index in [1.807, 2.05) is 0 Å². The van der Waals surface area contributed by atoms with Crippen LogP contribution < -0.4 is 5.32 Å². The third kappa shape index (κ3) is 4.62. The first-order chi connectivity index (χ1) is 8.54. The van der Waals surface area contributed by atoms with Crippen LogP contribution in [-0.4, -0.2) is 36.1 Å².